The van der Waals surface area contributed by atoms with E-state index in [0.717, 1.165) is 12.0 Å². The molecule has 0 saturated heterocycles. The molecule has 0 radical (unpaired) electrons. The van der Waals surface area contributed by atoms with Crippen LogP contribution in [0.3, 0.4) is 0 Å². The minimum atomic E-state index is -0.927. The summed E-state index contributed by atoms with van der Waals surface area (Å²) in [6, 6.07) is 7.15. The minimum Gasteiger partial charge on any atom is -0.478 e. The number of carbonyl (C=O) groups excluding carboxylic acids is 1. The fourth-order valence-corrected chi connectivity index (χ4v) is 2.62. The number of hydrogen-bond acceptors (Lipinski definition) is 3. The van der Waals surface area contributed by atoms with E-state index in [1.165, 1.54) is 0 Å². The molecule has 4 nitrogen and oxygen atoms in total. The van der Waals surface area contributed by atoms with Crippen molar-refractivity contribution in [3.05, 3.63) is 46.5 Å². The maximum atomic E-state index is 11.9. The van der Waals surface area contributed by atoms with E-state index in [9.17, 15) is 14.7 Å². The number of carbonyl (C=O) groups is 2. The summed E-state index contributed by atoms with van der Waals surface area (Å²) >= 11 is 0. The number of aliphatic carboxylic acids is 1. The third-order valence-corrected chi connectivity index (χ3v) is 3.53. The van der Waals surface area contributed by atoms with E-state index in [1.54, 1.807) is 12.1 Å². The van der Waals surface area contributed by atoms with Crippen LogP contribution >= 0.6 is 0 Å². The zero-order chi connectivity index (χ0) is 14.7. The van der Waals surface area contributed by atoms with Crippen LogP contribution in [0, 0.1) is 0 Å². The van der Waals surface area contributed by atoms with Crippen molar-refractivity contribution in [3.63, 3.8) is 0 Å². The van der Waals surface area contributed by atoms with Gasteiger partial charge in [0.2, 0.25) is 0 Å². The maximum absolute atomic E-state index is 11.9. The molecule has 106 valence electrons. The van der Waals surface area contributed by atoms with E-state index in [2.05, 4.69) is 0 Å². The average Bonchev–Trinajstić information content (AvgIpc) is 2.77. The molecule has 1 N–H and O–H groups in total. The third kappa shape index (κ3) is 2.46. The van der Waals surface area contributed by atoms with Crippen LogP contribution in [-0.2, 0) is 9.53 Å². The van der Waals surface area contributed by atoms with Crippen molar-refractivity contribution >= 4 is 11.9 Å². The van der Waals surface area contributed by atoms with E-state index < -0.39 is 12.1 Å². The van der Waals surface area contributed by atoms with Crippen molar-refractivity contribution in [2.75, 3.05) is 0 Å². The van der Waals surface area contributed by atoms with E-state index in [1.807, 2.05) is 26.0 Å². The summed E-state index contributed by atoms with van der Waals surface area (Å²) in [5, 5.41) is 9.38. The lowest BCUT2D eigenvalue weighted by molar-refractivity contribution is -0.133. The van der Waals surface area contributed by atoms with E-state index in [4.69, 9.17) is 4.74 Å². The predicted molar refractivity (Wildman–Crippen MR) is 74.5 cm³/mol. The zero-order valence-corrected chi connectivity index (χ0v) is 11.7. The Balaban J connectivity index is 2.51. The lowest BCUT2D eigenvalue weighted by Gasteiger charge is -2.17. The van der Waals surface area contributed by atoms with Crippen molar-refractivity contribution in [1.82, 2.24) is 0 Å². The first-order valence-electron chi connectivity index (χ1n) is 6.85. The van der Waals surface area contributed by atoms with Crippen molar-refractivity contribution < 1.29 is 19.4 Å². The molecule has 1 unspecified atom stereocenters. The molecule has 1 aliphatic rings. The number of cyclic esters (lactones) is 1. The quantitative estimate of drug-likeness (QED) is 0.659. The number of ether oxygens (including phenoxy) is 1. The molecule has 1 aromatic rings. The van der Waals surface area contributed by atoms with Gasteiger partial charge in [-0.15, -0.1) is 0 Å². The van der Waals surface area contributed by atoms with Crippen LogP contribution in [0.1, 0.15) is 55.1 Å². The molecule has 0 amide bonds. The highest BCUT2D eigenvalue weighted by Crippen LogP contribution is 2.39. The lowest BCUT2D eigenvalue weighted by atomic mass is 9.92. The highest BCUT2D eigenvalue weighted by molar-refractivity contribution is 5.95. The number of benzene rings is 1. The van der Waals surface area contributed by atoms with Crippen molar-refractivity contribution in [2.24, 2.45) is 0 Å². The molecule has 0 aromatic heterocycles. The fraction of sp³-hybridized carbons (Fsp3) is 0.375. The molecule has 1 aliphatic heterocycles. The Bertz CT molecular complexity index is 572. The monoisotopic (exact) mass is 274 g/mol. The van der Waals surface area contributed by atoms with Crippen molar-refractivity contribution in [2.45, 2.75) is 39.2 Å². The molecule has 1 aromatic carbocycles. The average molecular weight is 274 g/mol. The molecule has 20 heavy (non-hydrogen) atoms. The topological polar surface area (TPSA) is 63.6 Å². The Morgan fingerprint density at radius 1 is 1.30 bits per heavy atom. The van der Waals surface area contributed by atoms with Gasteiger partial charge in [0.15, 0.2) is 0 Å². The normalized spacial score (nSPS) is 18.3. The van der Waals surface area contributed by atoms with Crippen molar-refractivity contribution in [3.8, 4) is 0 Å². The molecular formula is C16H18O4. The molecule has 0 fully saturated rings. The standard InChI is InChI=1S/C16H18O4/c1-3-7-12(15(17)18)10(4-2)14-11-8-5-6-9-13(11)16(19)20-14/h5-6,8-9,14H,3-4,7H2,1-2H3,(H,17,18). The smallest absolute Gasteiger partial charge is 0.339 e. The van der Waals surface area contributed by atoms with Crippen LogP contribution in [0.4, 0.5) is 0 Å². The number of hydrogen-bond donors (Lipinski definition) is 1. The Kier molecular flexibility index (Phi) is 4.23. The van der Waals surface area contributed by atoms with Crippen molar-refractivity contribution in [1.29, 1.82) is 0 Å². The number of esters is 1. The van der Waals surface area contributed by atoms with Gasteiger partial charge in [-0.2, -0.15) is 0 Å². The lowest BCUT2D eigenvalue weighted by Crippen LogP contribution is -2.11. The second-order valence-corrected chi connectivity index (χ2v) is 4.79. The van der Waals surface area contributed by atoms with Gasteiger partial charge >= 0.3 is 11.9 Å². The molecule has 1 heterocycles. The van der Waals surface area contributed by atoms with Crippen LogP contribution in [0.15, 0.2) is 35.4 Å². The maximum Gasteiger partial charge on any atom is 0.339 e. The minimum absolute atomic E-state index is 0.365. The van der Waals surface area contributed by atoms with E-state index in [-0.39, 0.29) is 5.97 Å². The number of rotatable bonds is 5. The zero-order valence-electron chi connectivity index (χ0n) is 11.7. The van der Waals surface area contributed by atoms with Gasteiger partial charge in [-0.05, 0) is 24.5 Å². The summed E-state index contributed by atoms with van der Waals surface area (Å²) in [7, 11) is 0. The summed E-state index contributed by atoms with van der Waals surface area (Å²) in [6.07, 6.45) is 1.22. The van der Waals surface area contributed by atoms with Gasteiger partial charge in [0, 0.05) is 11.1 Å². The Hall–Kier alpha value is -2.10. The Morgan fingerprint density at radius 2 is 2.00 bits per heavy atom. The molecule has 2 rings (SSSR count). The molecule has 0 aliphatic carbocycles. The summed E-state index contributed by atoms with van der Waals surface area (Å²) in [4.78, 5) is 23.3. The van der Waals surface area contributed by atoms with Gasteiger partial charge in [0.1, 0.15) is 6.10 Å². The first-order chi connectivity index (χ1) is 9.60. The van der Waals surface area contributed by atoms with Crippen LogP contribution < -0.4 is 0 Å². The van der Waals surface area contributed by atoms with Gasteiger partial charge < -0.3 is 9.84 Å². The second-order valence-electron chi connectivity index (χ2n) is 4.79. The van der Waals surface area contributed by atoms with E-state index in [0.29, 0.717) is 29.6 Å². The third-order valence-electron chi connectivity index (χ3n) is 3.53. The Morgan fingerprint density at radius 3 is 2.60 bits per heavy atom. The molecule has 4 heteroatoms. The van der Waals surface area contributed by atoms with E-state index >= 15 is 0 Å². The van der Waals surface area contributed by atoms with Gasteiger partial charge in [0.25, 0.3) is 0 Å². The summed E-state index contributed by atoms with van der Waals surface area (Å²) in [6.45, 7) is 3.83. The molecule has 0 spiro atoms. The predicted octanol–water partition coefficient (Wildman–Crippen LogP) is 3.49. The summed E-state index contributed by atoms with van der Waals surface area (Å²) in [5.74, 6) is -1.30. The largest absolute Gasteiger partial charge is 0.478 e. The van der Waals surface area contributed by atoms with Gasteiger partial charge in [-0.1, -0.05) is 38.5 Å². The fourth-order valence-electron chi connectivity index (χ4n) is 2.62. The number of fused-ring (bicyclic) bond motifs is 1. The molecular weight excluding hydrogens is 256 g/mol. The first-order valence-corrected chi connectivity index (χ1v) is 6.85. The molecule has 1 atom stereocenters. The van der Waals surface area contributed by atoms with Gasteiger partial charge in [0.05, 0.1) is 5.56 Å². The van der Waals surface area contributed by atoms with Crippen LogP contribution in [-0.4, -0.2) is 17.0 Å². The molecule has 0 saturated carbocycles. The van der Waals surface area contributed by atoms with Crippen LogP contribution in [0.5, 0.6) is 0 Å². The number of carboxylic acids is 1. The first kappa shape index (κ1) is 14.3. The molecule has 0 bridgehead atoms. The highest BCUT2D eigenvalue weighted by Gasteiger charge is 2.34. The summed E-state index contributed by atoms with van der Waals surface area (Å²) < 4.78 is 5.40. The second kappa shape index (κ2) is 5.90. The highest BCUT2D eigenvalue weighted by atomic mass is 16.5. The van der Waals surface area contributed by atoms with Crippen LogP contribution in [0.2, 0.25) is 0 Å². The SMILES string of the molecule is CCCC(C(=O)O)=C(CC)C1OC(=O)c2ccccc21. The van der Waals surface area contributed by atoms with Crippen LogP contribution in [0.25, 0.3) is 0 Å². The Labute approximate surface area is 118 Å². The summed E-state index contributed by atoms with van der Waals surface area (Å²) in [5.41, 5.74) is 2.36. The number of carboxylic acid groups (broad SMARTS) is 1. The van der Waals surface area contributed by atoms with Gasteiger partial charge in [-0.25, -0.2) is 9.59 Å². The van der Waals surface area contributed by atoms with Gasteiger partial charge in [-0.3, -0.25) is 0 Å².